The smallest absolute Gasteiger partial charge is 0.330 e. The van der Waals surface area contributed by atoms with E-state index in [9.17, 15) is 9.59 Å². The van der Waals surface area contributed by atoms with Crippen molar-refractivity contribution in [2.75, 3.05) is 11.6 Å². The molecule has 27 heavy (non-hydrogen) atoms. The summed E-state index contributed by atoms with van der Waals surface area (Å²) in [5, 5.41) is 1.05. The van der Waals surface area contributed by atoms with Crippen LogP contribution in [0.25, 0.3) is 0 Å². The Kier molecular flexibility index (Phi) is 6.87. The van der Waals surface area contributed by atoms with Crippen molar-refractivity contribution in [1.29, 1.82) is 0 Å². The molecular weight excluding hydrogens is 431 g/mol. The molecule has 0 spiro atoms. The van der Waals surface area contributed by atoms with Crippen molar-refractivity contribution >= 4 is 58.4 Å². The van der Waals surface area contributed by atoms with Gasteiger partial charge in [0.2, 0.25) is 5.91 Å². The standard InChI is InChI=1S/C18H15Cl3N2O3S/c19-12-5-14(20)13(15(21)6-12)8-26-18(25)16-9-27-10-23(16)17(24)4-11-2-1-3-22-7-11/h1-3,5-7,16H,4,8-10H2/t16-/m1/s1. The highest BCUT2D eigenvalue weighted by Crippen LogP contribution is 2.30. The van der Waals surface area contributed by atoms with Gasteiger partial charge in [-0.15, -0.1) is 11.8 Å². The minimum atomic E-state index is -0.635. The Balaban J connectivity index is 1.63. The zero-order chi connectivity index (χ0) is 19.4. The number of hydrogen-bond acceptors (Lipinski definition) is 5. The number of carbonyl (C=O) groups excluding carboxylic acids is 2. The summed E-state index contributed by atoms with van der Waals surface area (Å²) >= 11 is 19.6. The Bertz CT molecular complexity index is 828. The molecule has 3 rings (SSSR count). The van der Waals surface area contributed by atoms with Crippen molar-refractivity contribution in [3.63, 3.8) is 0 Å². The molecule has 1 atom stereocenters. The average molecular weight is 446 g/mol. The molecule has 0 aliphatic carbocycles. The lowest BCUT2D eigenvalue weighted by molar-refractivity contribution is -0.153. The highest BCUT2D eigenvalue weighted by atomic mass is 35.5. The van der Waals surface area contributed by atoms with E-state index in [1.165, 1.54) is 28.8 Å². The highest BCUT2D eigenvalue weighted by molar-refractivity contribution is 7.99. The first-order chi connectivity index (χ1) is 13.0. The van der Waals surface area contributed by atoms with E-state index in [4.69, 9.17) is 39.5 Å². The van der Waals surface area contributed by atoms with Crippen LogP contribution in [-0.4, -0.2) is 39.4 Å². The fourth-order valence-electron chi connectivity index (χ4n) is 2.61. The predicted molar refractivity (Wildman–Crippen MR) is 107 cm³/mol. The minimum absolute atomic E-state index is 0.0839. The van der Waals surface area contributed by atoms with E-state index in [2.05, 4.69) is 4.98 Å². The molecule has 0 unspecified atom stereocenters. The van der Waals surface area contributed by atoms with Crippen molar-refractivity contribution in [3.05, 3.63) is 62.9 Å². The maximum atomic E-state index is 12.6. The van der Waals surface area contributed by atoms with E-state index in [-0.39, 0.29) is 18.9 Å². The van der Waals surface area contributed by atoms with Gasteiger partial charge in [0, 0.05) is 28.7 Å². The van der Waals surface area contributed by atoms with Crippen molar-refractivity contribution in [3.8, 4) is 0 Å². The second-order valence-electron chi connectivity index (χ2n) is 5.87. The van der Waals surface area contributed by atoms with Crippen molar-refractivity contribution in [1.82, 2.24) is 9.88 Å². The van der Waals surface area contributed by atoms with Crippen LogP contribution < -0.4 is 0 Å². The third-order valence-corrected chi connectivity index (χ3v) is 5.92. The Morgan fingerprint density at radius 2 is 2.00 bits per heavy atom. The average Bonchev–Trinajstić information content (AvgIpc) is 3.11. The molecule has 0 saturated carbocycles. The van der Waals surface area contributed by atoms with Gasteiger partial charge in [-0.2, -0.15) is 0 Å². The van der Waals surface area contributed by atoms with Gasteiger partial charge >= 0.3 is 5.97 Å². The number of hydrogen-bond donors (Lipinski definition) is 0. The number of esters is 1. The largest absolute Gasteiger partial charge is 0.459 e. The maximum absolute atomic E-state index is 12.6. The van der Waals surface area contributed by atoms with Gasteiger partial charge in [0.05, 0.1) is 22.3 Å². The normalized spacial score (nSPS) is 16.4. The fourth-order valence-corrected chi connectivity index (χ4v) is 4.70. The summed E-state index contributed by atoms with van der Waals surface area (Å²) in [7, 11) is 0. The predicted octanol–water partition coefficient (Wildman–Crippen LogP) is 4.23. The molecule has 142 valence electrons. The zero-order valence-electron chi connectivity index (χ0n) is 14.0. The van der Waals surface area contributed by atoms with E-state index in [0.29, 0.717) is 32.3 Å². The molecule has 1 aliphatic heterocycles. The van der Waals surface area contributed by atoms with Gasteiger partial charge in [0.1, 0.15) is 12.6 Å². The molecular formula is C18H15Cl3N2O3S. The maximum Gasteiger partial charge on any atom is 0.330 e. The van der Waals surface area contributed by atoms with E-state index < -0.39 is 12.0 Å². The van der Waals surface area contributed by atoms with Crippen LogP contribution in [0.3, 0.4) is 0 Å². The van der Waals surface area contributed by atoms with Gasteiger partial charge in [-0.05, 0) is 23.8 Å². The van der Waals surface area contributed by atoms with Gasteiger partial charge in [0.25, 0.3) is 0 Å². The van der Waals surface area contributed by atoms with Crippen LogP contribution in [0.4, 0.5) is 0 Å². The number of aromatic nitrogens is 1. The van der Waals surface area contributed by atoms with E-state index in [0.717, 1.165) is 5.56 Å². The van der Waals surface area contributed by atoms with Crippen LogP contribution >= 0.6 is 46.6 Å². The number of nitrogens with zero attached hydrogens (tertiary/aromatic N) is 2. The fraction of sp³-hybridized carbons (Fsp3) is 0.278. The van der Waals surface area contributed by atoms with Crippen LogP contribution in [0, 0.1) is 0 Å². The summed E-state index contributed by atoms with van der Waals surface area (Å²) in [5.74, 6) is 0.306. The monoisotopic (exact) mass is 444 g/mol. The summed E-state index contributed by atoms with van der Waals surface area (Å²) in [5.41, 5.74) is 1.28. The van der Waals surface area contributed by atoms with Crippen molar-refractivity contribution < 1.29 is 14.3 Å². The molecule has 0 radical (unpaired) electrons. The van der Waals surface area contributed by atoms with Crippen molar-refractivity contribution in [2.45, 2.75) is 19.1 Å². The third kappa shape index (κ3) is 5.08. The molecule has 1 saturated heterocycles. The second kappa shape index (κ2) is 9.15. The first-order valence-electron chi connectivity index (χ1n) is 8.02. The van der Waals surface area contributed by atoms with Gasteiger partial charge in [-0.1, -0.05) is 40.9 Å². The Hall–Kier alpha value is -1.47. The Labute approximate surface area is 175 Å². The summed E-state index contributed by atoms with van der Waals surface area (Å²) in [4.78, 5) is 30.6. The zero-order valence-corrected chi connectivity index (χ0v) is 17.1. The molecule has 9 heteroatoms. The molecule has 1 aromatic heterocycles. The number of pyridine rings is 1. The molecule has 0 bridgehead atoms. The Morgan fingerprint density at radius 3 is 2.67 bits per heavy atom. The van der Waals surface area contributed by atoms with Crippen LogP contribution in [0.15, 0.2) is 36.7 Å². The third-order valence-electron chi connectivity index (χ3n) is 4.02. The first-order valence-corrected chi connectivity index (χ1v) is 10.3. The van der Waals surface area contributed by atoms with Crippen molar-refractivity contribution in [2.24, 2.45) is 0 Å². The molecule has 1 aromatic carbocycles. The number of rotatable bonds is 5. The molecule has 2 heterocycles. The summed E-state index contributed by atoms with van der Waals surface area (Å²) in [6.45, 7) is -0.0839. The molecule has 1 aliphatic rings. The summed E-state index contributed by atoms with van der Waals surface area (Å²) in [6.07, 6.45) is 3.47. The molecule has 1 amide bonds. The van der Waals surface area contributed by atoms with Gasteiger partial charge in [-0.3, -0.25) is 9.78 Å². The number of halogens is 3. The van der Waals surface area contributed by atoms with Crippen LogP contribution in [0.5, 0.6) is 0 Å². The van der Waals surface area contributed by atoms with Crippen LogP contribution in [-0.2, 0) is 27.4 Å². The van der Waals surface area contributed by atoms with E-state index >= 15 is 0 Å². The number of benzene rings is 1. The number of ether oxygens (including phenoxy) is 1. The molecule has 1 fully saturated rings. The Morgan fingerprint density at radius 1 is 1.26 bits per heavy atom. The topological polar surface area (TPSA) is 59.5 Å². The van der Waals surface area contributed by atoms with Gasteiger partial charge < -0.3 is 9.64 Å². The summed E-state index contributed by atoms with van der Waals surface area (Å²) < 4.78 is 5.37. The SMILES string of the molecule is O=C(OCc1c(Cl)cc(Cl)cc1Cl)[C@H]1CSCN1C(=O)Cc1cccnc1. The molecule has 2 aromatic rings. The summed E-state index contributed by atoms with van der Waals surface area (Å²) in [6, 6.07) is 6.03. The number of thioether (sulfide) groups is 1. The molecule has 0 N–H and O–H groups in total. The van der Waals surface area contributed by atoms with E-state index in [1.54, 1.807) is 18.5 Å². The van der Waals surface area contributed by atoms with Gasteiger partial charge in [0.15, 0.2) is 0 Å². The second-order valence-corrected chi connectivity index (χ2v) is 8.12. The highest BCUT2D eigenvalue weighted by Gasteiger charge is 2.35. The lowest BCUT2D eigenvalue weighted by Crippen LogP contribution is -2.43. The lowest BCUT2D eigenvalue weighted by Gasteiger charge is -2.22. The lowest BCUT2D eigenvalue weighted by atomic mass is 10.2. The van der Waals surface area contributed by atoms with Crippen LogP contribution in [0.2, 0.25) is 15.1 Å². The van der Waals surface area contributed by atoms with Gasteiger partial charge in [-0.25, -0.2) is 4.79 Å². The number of amides is 1. The molecule has 5 nitrogen and oxygen atoms in total. The number of carbonyl (C=O) groups is 2. The first kappa shape index (κ1) is 20.3. The minimum Gasteiger partial charge on any atom is -0.459 e. The quantitative estimate of drug-likeness (QED) is 0.645. The van der Waals surface area contributed by atoms with E-state index in [1.807, 2.05) is 6.07 Å². The van der Waals surface area contributed by atoms with Crippen LogP contribution in [0.1, 0.15) is 11.1 Å².